The Morgan fingerprint density at radius 1 is 1.15 bits per heavy atom. The van der Waals surface area contributed by atoms with E-state index in [1.165, 1.54) is 6.21 Å². The van der Waals surface area contributed by atoms with E-state index < -0.39 is 0 Å². The molecule has 0 amide bonds. The Kier molecular flexibility index (Phi) is 5.07. The van der Waals surface area contributed by atoms with Gasteiger partial charge in [-0.05, 0) is 23.8 Å². The van der Waals surface area contributed by atoms with E-state index in [4.69, 9.17) is 14.2 Å². The Bertz CT molecular complexity index is 855. The molecule has 4 rings (SSSR count). The van der Waals surface area contributed by atoms with Crippen LogP contribution in [-0.2, 0) is 22.6 Å². The average Bonchev–Trinajstić information content (AvgIpc) is 2.73. The summed E-state index contributed by atoms with van der Waals surface area (Å²) in [5, 5.41) is 0. The highest BCUT2D eigenvalue weighted by Crippen LogP contribution is 2.37. The molecule has 0 spiro atoms. The number of ketones is 1. The van der Waals surface area contributed by atoms with Crippen LogP contribution in [0.4, 0.5) is 11.4 Å². The van der Waals surface area contributed by atoms with E-state index in [1.807, 2.05) is 36.4 Å². The lowest BCUT2D eigenvalue weighted by Crippen LogP contribution is -2.36. The maximum atomic E-state index is 11.9. The molecule has 2 heterocycles. The van der Waals surface area contributed by atoms with Gasteiger partial charge in [0.2, 0.25) is 0 Å². The van der Waals surface area contributed by atoms with Crippen LogP contribution in [0.15, 0.2) is 41.4 Å². The fraction of sp³-hybridized carbons (Fsp3) is 0.333. The highest BCUT2D eigenvalue weighted by atomic mass is 16.5. The summed E-state index contributed by atoms with van der Waals surface area (Å²) >= 11 is 0. The normalized spacial score (nSPS) is 16.2. The number of ether oxygens (including phenoxy) is 3. The van der Waals surface area contributed by atoms with Crippen LogP contribution < -0.4 is 14.4 Å². The molecule has 0 radical (unpaired) electrons. The van der Waals surface area contributed by atoms with Crippen LogP contribution in [0, 0.1) is 0 Å². The summed E-state index contributed by atoms with van der Waals surface area (Å²) < 4.78 is 16.8. The summed E-state index contributed by atoms with van der Waals surface area (Å²) in [4.78, 5) is 18.5. The summed E-state index contributed by atoms with van der Waals surface area (Å²) in [7, 11) is 1.65. The van der Waals surface area contributed by atoms with Crippen LogP contribution in [0.5, 0.6) is 11.5 Å². The molecule has 2 aromatic rings. The number of Topliss-reactive ketones (excluding diaryl/α,β-unsaturated/α-hetero) is 1. The maximum absolute atomic E-state index is 11.9. The van der Waals surface area contributed by atoms with E-state index in [1.54, 1.807) is 7.11 Å². The third-order valence-corrected chi connectivity index (χ3v) is 4.80. The van der Waals surface area contributed by atoms with Gasteiger partial charge in [-0.15, -0.1) is 0 Å². The smallest absolute Gasteiger partial charge is 0.178 e. The first-order chi connectivity index (χ1) is 13.2. The zero-order valence-electron chi connectivity index (χ0n) is 15.3. The van der Waals surface area contributed by atoms with E-state index in [0.29, 0.717) is 26.2 Å². The van der Waals surface area contributed by atoms with E-state index in [-0.39, 0.29) is 5.78 Å². The van der Waals surface area contributed by atoms with Crippen LogP contribution >= 0.6 is 0 Å². The van der Waals surface area contributed by atoms with Gasteiger partial charge >= 0.3 is 0 Å². The molecule has 0 aromatic heterocycles. The fourth-order valence-corrected chi connectivity index (χ4v) is 3.29. The monoisotopic (exact) mass is 366 g/mol. The lowest BCUT2D eigenvalue weighted by molar-refractivity contribution is -0.112. The highest BCUT2D eigenvalue weighted by molar-refractivity contribution is 6.30. The average molecular weight is 366 g/mol. The molecule has 2 aliphatic rings. The molecule has 2 aromatic carbocycles. The number of morpholine rings is 1. The molecular formula is C21H22N2O4. The zero-order chi connectivity index (χ0) is 18.6. The van der Waals surface area contributed by atoms with Crippen molar-refractivity contribution in [2.45, 2.75) is 13.0 Å². The SMILES string of the molecule is COc1ccc(COc2cc(N3CCOCC3)cc3c2CC(=O)C=N3)cc1. The number of methoxy groups -OCH3 is 1. The standard InChI is InChI=1S/C21H22N2O4/c1-25-18-4-2-15(3-5-18)14-27-21-11-16(23-6-8-26-9-7-23)10-20-19(21)12-17(24)13-22-20/h2-5,10-11,13H,6-9,12,14H2,1H3. The Morgan fingerprint density at radius 3 is 2.67 bits per heavy atom. The van der Waals surface area contributed by atoms with Gasteiger partial charge in [0.05, 0.1) is 32.2 Å². The third kappa shape index (κ3) is 3.95. The molecule has 27 heavy (non-hydrogen) atoms. The number of hydrogen-bond donors (Lipinski definition) is 0. The molecule has 140 valence electrons. The minimum Gasteiger partial charge on any atom is -0.497 e. The number of nitrogens with zero attached hydrogens (tertiary/aromatic N) is 2. The number of rotatable bonds is 5. The van der Waals surface area contributed by atoms with Crippen molar-refractivity contribution in [3.05, 3.63) is 47.5 Å². The van der Waals surface area contributed by atoms with Gasteiger partial charge in [-0.1, -0.05) is 12.1 Å². The second-order valence-corrected chi connectivity index (χ2v) is 6.58. The quantitative estimate of drug-likeness (QED) is 0.814. The second-order valence-electron chi connectivity index (χ2n) is 6.58. The van der Waals surface area contributed by atoms with Gasteiger partial charge in [-0.25, -0.2) is 0 Å². The number of aliphatic imine (C=N–C) groups is 1. The molecule has 0 aliphatic carbocycles. The van der Waals surface area contributed by atoms with Gasteiger partial charge in [0.1, 0.15) is 18.1 Å². The Morgan fingerprint density at radius 2 is 1.93 bits per heavy atom. The molecule has 6 heteroatoms. The summed E-state index contributed by atoms with van der Waals surface area (Å²) in [6.07, 6.45) is 1.72. The first-order valence-corrected chi connectivity index (χ1v) is 9.05. The van der Waals surface area contributed by atoms with Crippen LogP contribution in [-0.4, -0.2) is 45.4 Å². The summed E-state index contributed by atoms with van der Waals surface area (Å²) in [6.45, 7) is 3.50. The summed E-state index contributed by atoms with van der Waals surface area (Å²) in [5.41, 5.74) is 3.75. The minimum atomic E-state index is -0.00378. The molecule has 0 atom stereocenters. The maximum Gasteiger partial charge on any atom is 0.178 e. The number of hydrogen-bond acceptors (Lipinski definition) is 6. The first-order valence-electron chi connectivity index (χ1n) is 9.05. The third-order valence-electron chi connectivity index (χ3n) is 4.80. The van der Waals surface area contributed by atoms with Crippen LogP contribution in [0.3, 0.4) is 0 Å². The van der Waals surface area contributed by atoms with Crippen molar-refractivity contribution in [2.24, 2.45) is 4.99 Å². The minimum absolute atomic E-state index is 0.00378. The van der Waals surface area contributed by atoms with Gasteiger partial charge in [0.15, 0.2) is 5.78 Å². The zero-order valence-corrected chi connectivity index (χ0v) is 15.3. The van der Waals surface area contributed by atoms with Crippen molar-refractivity contribution in [2.75, 3.05) is 38.3 Å². The summed E-state index contributed by atoms with van der Waals surface area (Å²) in [6, 6.07) is 11.8. The van der Waals surface area contributed by atoms with Crippen LogP contribution in [0.1, 0.15) is 11.1 Å². The van der Waals surface area contributed by atoms with Crippen molar-refractivity contribution >= 4 is 23.4 Å². The van der Waals surface area contributed by atoms with Gasteiger partial charge < -0.3 is 19.1 Å². The molecule has 1 saturated heterocycles. The molecule has 1 fully saturated rings. The topological polar surface area (TPSA) is 60.4 Å². The molecule has 2 aliphatic heterocycles. The van der Waals surface area contributed by atoms with Crippen molar-refractivity contribution in [1.29, 1.82) is 0 Å². The molecule has 0 N–H and O–H groups in total. The number of fused-ring (bicyclic) bond motifs is 1. The van der Waals surface area contributed by atoms with Crippen molar-refractivity contribution in [3.8, 4) is 11.5 Å². The predicted molar refractivity (Wildman–Crippen MR) is 104 cm³/mol. The van der Waals surface area contributed by atoms with Crippen molar-refractivity contribution in [3.63, 3.8) is 0 Å². The molecule has 0 unspecified atom stereocenters. The van der Waals surface area contributed by atoms with Crippen molar-refractivity contribution < 1.29 is 19.0 Å². The van der Waals surface area contributed by atoms with E-state index >= 15 is 0 Å². The van der Waals surface area contributed by atoms with Gasteiger partial charge in [-0.3, -0.25) is 9.79 Å². The number of anilines is 1. The number of carbonyl (C=O) groups excluding carboxylic acids is 1. The van der Waals surface area contributed by atoms with Gasteiger partial charge in [-0.2, -0.15) is 0 Å². The fourth-order valence-electron chi connectivity index (χ4n) is 3.29. The molecular weight excluding hydrogens is 344 g/mol. The van der Waals surface area contributed by atoms with Gasteiger partial charge in [0, 0.05) is 36.8 Å². The summed E-state index contributed by atoms with van der Waals surface area (Å²) in [5.74, 6) is 1.52. The molecule has 0 saturated carbocycles. The lowest BCUT2D eigenvalue weighted by Gasteiger charge is -2.30. The number of benzene rings is 2. The van der Waals surface area contributed by atoms with E-state index in [9.17, 15) is 4.79 Å². The number of carbonyl (C=O) groups is 1. The highest BCUT2D eigenvalue weighted by Gasteiger charge is 2.21. The van der Waals surface area contributed by atoms with E-state index in [2.05, 4.69) is 9.89 Å². The Labute approximate surface area is 158 Å². The Hall–Kier alpha value is -2.86. The second kappa shape index (κ2) is 7.80. The van der Waals surface area contributed by atoms with Crippen LogP contribution in [0.2, 0.25) is 0 Å². The lowest BCUT2D eigenvalue weighted by atomic mass is 10.0. The van der Waals surface area contributed by atoms with Crippen LogP contribution in [0.25, 0.3) is 0 Å². The molecule has 6 nitrogen and oxygen atoms in total. The first kappa shape index (κ1) is 17.5. The predicted octanol–water partition coefficient (Wildman–Crippen LogP) is 2.94. The largest absolute Gasteiger partial charge is 0.497 e. The Balaban J connectivity index is 1.60. The van der Waals surface area contributed by atoms with E-state index in [0.717, 1.165) is 47.1 Å². The molecule has 0 bridgehead atoms. The van der Waals surface area contributed by atoms with Crippen molar-refractivity contribution in [1.82, 2.24) is 0 Å². The van der Waals surface area contributed by atoms with Gasteiger partial charge in [0.25, 0.3) is 0 Å².